The van der Waals surface area contributed by atoms with Gasteiger partial charge in [0.2, 0.25) is 10.0 Å². The van der Waals surface area contributed by atoms with E-state index in [0.717, 1.165) is 25.0 Å². The first-order chi connectivity index (χ1) is 13.6. The lowest BCUT2D eigenvalue weighted by molar-refractivity contribution is -0.386. The van der Waals surface area contributed by atoms with Crippen molar-refractivity contribution in [2.45, 2.75) is 31.6 Å². The van der Waals surface area contributed by atoms with Crippen LogP contribution in [-0.4, -0.2) is 55.8 Å². The maximum absolute atomic E-state index is 12.6. The molecule has 0 spiro atoms. The van der Waals surface area contributed by atoms with Gasteiger partial charge in [-0.15, -0.1) is 0 Å². The molecule has 160 valence electrons. The molecule has 11 nitrogen and oxygen atoms in total. The maximum Gasteiger partial charge on any atom is 0.321 e. The lowest BCUT2D eigenvalue weighted by Gasteiger charge is -2.16. The molecule has 12 heteroatoms. The molecule has 1 aliphatic heterocycles. The highest BCUT2D eigenvalue weighted by Crippen LogP contribution is 2.31. The zero-order chi connectivity index (χ0) is 21.6. The summed E-state index contributed by atoms with van der Waals surface area (Å²) in [5.74, 6) is -0.868. The Morgan fingerprint density at radius 1 is 1.28 bits per heavy atom. The van der Waals surface area contributed by atoms with Crippen molar-refractivity contribution < 1.29 is 27.7 Å². The van der Waals surface area contributed by atoms with Crippen LogP contribution in [0.5, 0.6) is 5.75 Å². The van der Waals surface area contributed by atoms with E-state index in [2.05, 4.69) is 5.32 Å². The van der Waals surface area contributed by atoms with E-state index in [1.54, 1.807) is 0 Å². The molecule has 1 aromatic rings. The van der Waals surface area contributed by atoms with Gasteiger partial charge in [0.05, 0.1) is 9.82 Å². The quantitative estimate of drug-likeness (QED) is 0.467. The first-order valence-corrected chi connectivity index (χ1v) is 10.5. The molecule has 2 N–H and O–H groups in total. The number of rotatable bonds is 8. The Morgan fingerprint density at radius 2 is 1.93 bits per heavy atom. The van der Waals surface area contributed by atoms with E-state index in [9.17, 15) is 28.1 Å². The van der Waals surface area contributed by atoms with Gasteiger partial charge in [-0.05, 0) is 30.9 Å². The summed E-state index contributed by atoms with van der Waals surface area (Å²) in [4.78, 5) is 33.7. The molecule has 0 bridgehead atoms. The van der Waals surface area contributed by atoms with Crippen molar-refractivity contribution in [3.63, 3.8) is 0 Å². The molecule has 2 rings (SSSR count). The standard InChI is InChI=1S/C17H24N4O7S/c1-12(2)10-18-17(23)19-16(22)11-28-15-6-5-13(9-14(15)21(24)25)29(26,27)20-7-3-4-8-20/h5-6,9,12H,3-4,7-8,10-11H2,1-2H3,(H2,18,19,22,23). The fourth-order valence-corrected chi connectivity index (χ4v) is 4.18. The number of carbonyl (C=O) groups excluding carboxylic acids is 2. The Kier molecular flexibility index (Phi) is 7.51. The van der Waals surface area contributed by atoms with E-state index in [0.29, 0.717) is 19.6 Å². The van der Waals surface area contributed by atoms with E-state index >= 15 is 0 Å². The topological polar surface area (TPSA) is 148 Å². The molecule has 1 aliphatic rings. The van der Waals surface area contributed by atoms with Gasteiger partial charge < -0.3 is 10.1 Å². The van der Waals surface area contributed by atoms with Gasteiger partial charge in [-0.3, -0.25) is 20.2 Å². The number of urea groups is 1. The molecule has 0 aliphatic carbocycles. The number of carbonyl (C=O) groups is 2. The number of hydrogen-bond acceptors (Lipinski definition) is 7. The second-order valence-corrected chi connectivity index (χ2v) is 8.88. The average Bonchev–Trinajstić information content (AvgIpc) is 3.20. The number of nitrogens with zero attached hydrogens (tertiary/aromatic N) is 2. The van der Waals surface area contributed by atoms with Crippen molar-refractivity contribution >= 4 is 27.6 Å². The molecule has 3 amide bonds. The van der Waals surface area contributed by atoms with Gasteiger partial charge in [0.15, 0.2) is 12.4 Å². The van der Waals surface area contributed by atoms with Crippen molar-refractivity contribution in [1.29, 1.82) is 0 Å². The Bertz CT molecular complexity index is 880. The van der Waals surface area contributed by atoms with Crippen molar-refractivity contribution in [3.05, 3.63) is 28.3 Å². The molecular formula is C17H24N4O7S. The van der Waals surface area contributed by atoms with Crippen molar-refractivity contribution in [3.8, 4) is 5.75 Å². The lowest BCUT2D eigenvalue weighted by atomic mass is 10.2. The number of nitro benzene ring substituents is 1. The van der Waals surface area contributed by atoms with Gasteiger partial charge in [-0.2, -0.15) is 4.31 Å². The van der Waals surface area contributed by atoms with Crippen LogP contribution >= 0.6 is 0 Å². The van der Waals surface area contributed by atoms with Gasteiger partial charge in [-0.1, -0.05) is 13.8 Å². The number of hydrogen-bond donors (Lipinski definition) is 2. The molecule has 1 heterocycles. The number of amides is 3. The molecule has 1 fully saturated rings. The second kappa shape index (κ2) is 9.65. The predicted molar refractivity (Wildman–Crippen MR) is 103 cm³/mol. The highest BCUT2D eigenvalue weighted by Gasteiger charge is 2.30. The first-order valence-electron chi connectivity index (χ1n) is 9.10. The third-order valence-corrected chi connectivity index (χ3v) is 6.01. The Labute approximate surface area is 168 Å². The number of sulfonamides is 1. The summed E-state index contributed by atoms with van der Waals surface area (Å²) < 4.78 is 31.6. The fraction of sp³-hybridized carbons (Fsp3) is 0.529. The lowest BCUT2D eigenvalue weighted by Crippen LogP contribution is -2.42. The van der Waals surface area contributed by atoms with E-state index in [1.165, 1.54) is 10.4 Å². The van der Waals surface area contributed by atoms with Crippen LogP contribution < -0.4 is 15.4 Å². The number of nitro groups is 1. The summed E-state index contributed by atoms with van der Waals surface area (Å²) in [6.07, 6.45) is 1.48. The number of imide groups is 1. The summed E-state index contributed by atoms with van der Waals surface area (Å²) >= 11 is 0. The minimum Gasteiger partial charge on any atom is -0.477 e. The molecule has 0 atom stereocenters. The van der Waals surface area contributed by atoms with Gasteiger partial charge >= 0.3 is 11.7 Å². The highest BCUT2D eigenvalue weighted by molar-refractivity contribution is 7.89. The maximum atomic E-state index is 12.6. The smallest absolute Gasteiger partial charge is 0.321 e. The van der Waals surface area contributed by atoms with Gasteiger partial charge in [0.25, 0.3) is 5.91 Å². The van der Waals surface area contributed by atoms with E-state index in [1.807, 2.05) is 19.2 Å². The van der Waals surface area contributed by atoms with E-state index in [4.69, 9.17) is 4.74 Å². The fourth-order valence-electron chi connectivity index (χ4n) is 2.65. The zero-order valence-corrected chi connectivity index (χ0v) is 17.0. The SMILES string of the molecule is CC(C)CNC(=O)NC(=O)COc1ccc(S(=O)(=O)N2CCCC2)cc1[N+](=O)[O-]. The summed E-state index contributed by atoms with van der Waals surface area (Å²) in [5.41, 5.74) is -0.581. The van der Waals surface area contributed by atoms with Crippen LogP contribution in [0.3, 0.4) is 0 Å². The molecule has 29 heavy (non-hydrogen) atoms. The van der Waals surface area contributed by atoms with Crippen molar-refractivity contribution in [2.75, 3.05) is 26.2 Å². The van der Waals surface area contributed by atoms with Crippen LogP contribution in [0.1, 0.15) is 26.7 Å². The Morgan fingerprint density at radius 3 is 2.52 bits per heavy atom. The van der Waals surface area contributed by atoms with Gasteiger partial charge in [0.1, 0.15) is 0 Å². The summed E-state index contributed by atoms with van der Waals surface area (Å²) in [6, 6.07) is 2.54. The van der Waals surface area contributed by atoms with Crippen LogP contribution in [0.4, 0.5) is 10.5 Å². The third-order valence-electron chi connectivity index (χ3n) is 4.11. The van der Waals surface area contributed by atoms with Crippen LogP contribution in [-0.2, 0) is 14.8 Å². The third kappa shape index (κ3) is 6.12. The number of nitrogens with one attached hydrogen (secondary N) is 2. The van der Waals surface area contributed by atoms with Crippen LogP contribution in [0, 0.1) is 16.0 Å². The molecule has 0 radical (unpaired) electrons. The van der Waals surface area contributed by atoms with Crippen LogP contribution in [0.25, 0.3) is 0 Å². The minimum absolute atomic E-state index is 0.199. The molecule has 0 saturated carbocycles. The minimum atomic E-state index is -3.83. The zero-order valence-electron chi connectivity index (χ0n) is 16.2. The molecule has 1 aromatic carbocycles. The first kappa shape index (κ1) is 22.6. The normalized spacial score (nSPS) is 14.6. The second-order valence-electron chi connectivity index (χ2n) is 6.94. The van der Waals surface area contributed by atoms with Crippen molar-refractivity contribution in [2.24, 2.45) is 5.92 Å². The van der Waals surface area contributed by atoms with Crippen LogP contribution in [0.15, 0.2) is 23.1 Å². The number of ether oxygens (including phenoxy) is 1. The predicted octanol–water partition coefficient (Wildman–Crippen LogP) is 1.24. The van der Waals surface area contributed by atoms with Gasteiger partial charge in [0, 0.05) is 25.7 Å². The molecular weight excluding hydrogens is 404 g/mol. The number of benzene rings is 1. The molecule has 1 saturated heterocycles. The van der Waals surface area contributed by atoms with Crippen LogP contribution in [0.2, 0.25) is 0 Å². The highest BCUT2D eigenvalue weighted by atomic mass is 32.2. The summed E-state index contributed by atoms with van der Waals surface area (Å²) in [7, 11) is -3.83. The Hall–Kier alpha value is -2.73. The monoisotopic (exact) mass is 428 g/mol. The molecule has 0 aromatic heterocycles. The average molecular weight is 428 g/mol. The largest absolute Gasteiger partial charge is 0.477 e. The van der Waals surface area contributed by atoms with Crippen molar-refractivity contribution in [1.82, 2.24) is 14.9 Å². The summed E-state index contributed by atoms with van der Waals surface area (Å²) in [6.45, 7) is 4.24. The summed E-state index contributed by atoms with van der Waals surface area (Å²) in [5, 5.41) is 15.9. The molecule has 0 unspecified atom stereocenters. The Balaban J connectivity index is 2.06. The van der Waals surface area contributed by atoms with Gasteiger partial charge in [-0.25, -0.2) is 13.2 Å². The van der Waals surface area contributed by atoms with E-state index in [-0.39, 0.29) is 16.6 Å². The van der Waals surface area contributed by atoms with E-state index < -0.39 is 39.2 Å².